The van der Waals surface area contributed by atoms with Gasteiger partial charge in [-0.05, 0) is 36.0 Å². The van der Waals surface area contributed by atoms with Gasteiger partial charge in [-0.25, -0.2) is 0 Å². The Morgan fingerprint density at radius 1 is 1.12 bits per heavy atom. The predicted molar refractivity (Wildman–Crippen MR) is 79.0 cm³/mol. The quantitative estimate of drug-likeness (QED) is 0.370. The smallest absolute Gasteiger partial charge is 0.157 e. The molecule has 1 unspecified atom stereocenters. The average Bonchev–Trinajstić information content (AvgIpc) is 2.38. The van der Waals surface area contributed by atoms with Crippen molar-refractivity contribution < 1.29 is 9.47 Å². The molecule has 0 bridgehead atoms. The number of ether oxygens (including phenoxy) is 2. The molecule has 0 radical (unpaired) electrons. The molecule has 0 N–H and O–H groups in total. The second-order valence-corrected chi connectivity index (χ2v) is 5.00. The zero-order chi connectivity index (χ0) is 12.2. The Kier molecular flexibility index (Phi) is 10.2. The molecule has 17 heavy (non-hydrogen) atoms. The minimum Gasteiger partial charge on any atom is -0.353 e. The monoisotopic (exact) mass is 350 g/mol. The Hall–Kier alpha value is 0.210. The van der Waals surface area contributed by atoms with E-state index < -0.39 is 0 Å². The molecule has 0 aromatic rings. The molecule has 0 aromatic heterocycles. The van der Waals surface area contributed by atoms with Crippen LogP contribution < -0.4 is 0 Å². The van der Waals surface area contributed by atoms with Gasteiger partial charge in [0.2, 0.25) is 0 Å². The zero-order valence-corrected chi connectivity index (χ0v) is 12.7. The summed E-state index contributed by atoms with van der Waals surface area (Å²) in [5.41, 5.74) is 0. The average molecular weight is 350 g/mol. The van der Waals surface area contributed by atoms with Crippen LogP contribution in [0.1, 0.15) is 57.8 Å². The summed E-state index contributed by atoms with van der Waals surface area (Å²) in [6.07, 6.45) is 10.9. The highest BCUT2D eigenvalue weighted by atomic mass is 127. The van der Waals surface area contributed by atoms with Crippen LogP contribution in [0.2, 0.25) is 0 Å². The van der Waals surface area contributed by atoms with Gasteiger partial charge in [-0.1, -0.05) is 25.2 Å². The van der Waals surface area contributed by atoms with E-state index in [1.807, 2.05) is 0 Å². The maximum Gasteiger partial charge on any atom is 0.157 e. The lowest BCUT2D eigenvalue weighted by molar-refractivity contribution is -0.162. The summed E-state index contributed by atoms with van der Waals surface area (Å²) in [5, 5.41) is 0. The number of hydrogen-bond donors (Lipinski definition) is 0. The van der Waals surface area contributed by atoms with Gasteiger partial charge in [0.15, 0.2) is 6.29 Å². The van der Waals surface area contributed by atoms with Gasteiger partial charge in [-0.3, -0.25) is 0 Å². The molecule has 0 saturated carbocycles. The van der Waals surface area contributed by atoms with E-state index in [1.165, 1.54) is 38.5 Å². The Morgan fingerprint density at radius 2 is 1.94 bits per heavy atom. The van der Waals surface area contributed by atoms with Crippen molar-refractivity contribution in [1.29, 1.82) is 0 Å². The van der Waals surface area contributed by atoms with Gasteiger partial charge >= 0.3 is 0 Å². The number of rotatable bonds is 8. The van der Waals surface area contributed by atoms with Crippen molar-refractivity contribution in [2.45, 2.75) is 64.1 Å². The summed E-state index contributed by atoms with van der Waals surface area (Å²) in [4.78, 5) is 0. The third-order valence-corrected chi connectivity index (χ3v) is 3.34. The van der Waals surface area contributed by atoms with Crippen LogP contribution in [0.25, 0.3) is 0 Å². The lowest BCUT2D eigenvalue weighted by Crippen LogP contribution is -2.22. The molecule has 1 rings (SSSR count). The zero-order valence-electron chi connectivity index (χ0n) is 10.5. The molecule has 0 aromatic carbocycles. The molecule has 2 nitrogen and oxygen atoms in total. The fraction of sp³-hybridized carbons (Fsp3) is 0.857. The Labute approximate surface area is 119 Å². The maximum absolute atomic E-state index is 5.68. The van der Waals surface area contributed by atoms with Crippen molar-refractivity contribution in [3.8, 4) is 9.85 Å². The molecule has 1 heterocycles. The highest BCUT2D eigenvalue weighted by Gasteiger charge is 2.12. The van der Waals surface area contributed by atoms with Crippen LogP contribution in [0.4, 0.5) is 0 Å². The first-order valence-electron chi connectivity index (χ1n) is 6.75. The van der Waals surface area contributed by atoms with Crippen LogP contribution >= 0.6 is 22.6 Å². The maximum atomic E-state index is 5.68. The lowest BCUT2D eigenvalue weighted by Gasteiger charge is -2.22. The molecule has 1 aliphatic heterocycles. The highest BCUT2D eigenvalue weighted by molar-refractivity contribution is 14.1. The van der Waals surface area contributed by atoms with Crippen molar-refractivity contribution in [2.75, 3.05) is 13.2 Å². The topological polar surface area (TPSA) is 18.5 Å². The van der Waals surface area contributed by atoms with Crippen molar-refractivity contribution >= 4 is 22.6 Å². The van der Waals surface area contributed by atoms with Gasteiger partial charge in [-0.15, -0.1) is 0 Å². The van der Waals surface area contributed by atoms with E-state index >= 15 is 0 Å². The summed E-state index contributed by atoms with van der Waals surface area (Å²) in [7, 11) is 0. The Balaban J connectivity index is 1.78. The van der Waals surface area contributed by atoms with Gasteiger partial charge in [0.05, 0.1) is 0 Å². The van der Waals surface area contributed by atoms with Crippen LogP contribution in [0.5, 0.6) is 0 Å². The fourth-order valence-corrected chi connectivity index (χ4v) is 2.22. The van der Waals surface area contributed by atoms with E-state index in [-0.39, 0.29) is 6.29 Å². The van der Waals surface area contributed by atoms with Gasteiger partial charge in [0.25, 0.3) is 0 Å². The summed E-state index contributed by atoms with van der Waals surface area (Å²) in [6.45, 7) is 1.74. The van der Waals surface area contributed by atoms with Crippen LogP contribution in [0.15, 0.2) is 0 Å². The summed E-state index contributed by atoms with van der Waals surface area (Å²) in [5.74, 6) is 3.09. The minimum absolute atomic E-state index is 0.0858. The van der Waals surface area contributed by atoms with Crippen molar-refractivity contribution in [2.24, 2.45) is 0 Å². The molecule has 98 valence electrons. The molecule has 1 aliphatic rings. The molecule has 1 saturated heterocycles. The van der Waals surface area contributed by atoms with Crippen molar-refractivity contribution in [3.05, 3.63) is 0 Å². The minimum atomic E-state index is 0.0858. The molecule has 1 fully saturated rings. The summed E-state index contributed by atoms with van der Waals surface area (Å²) in [6, 6.07) is 0. The van der Waals surface area contributed by atoms with Crippen LogP contribution in [-0.2, 0) is 9.47 Å². The first-order chi connectivity index (χ1) is 8.43. The second kappa shape index (κ2) is 11.3. The van der Waals surface area contributed by atoms with E-state index in [1.54, 1.807) is 0 Å². The Bertz CT molecular complexity index is 226. The van der Waals surface area contributed by atoms with Crippen LogP contribution in [0, 0.1) is 9.85 Å². The lowest BCUT2D eigenvalue weighted by atomic mass is 10.1. The van der Waals surface area contributed by atoms with E-state index in [4.69, 9.17) is 9.47 Å². The first-order valence-corrected chi connectivity index (χ1v) is 7.83. The predicted octanol–water partition coefficient (Wildman–Crippen LogP) is 4.27. The molecule has 0 aliphatic carbocycles. The molecule has 0 amide bonds. The fourth-order valence-electron chi connectivity index (χ4n) is 1.95. The highest BCUT2D eigenvalue weighted by Crippen LogP contribution is 2.14. The normalized spacial score (nSPS) is 19.7. The standard InChI is InChI=1S/C14H23IO2/c15-11-7-4-2-1-3-5-8-12-16-14-10-6-9-13-17-14/h14H,1-6,8-10,12-13H2. The SMILES string of the molecule is IC#CCCCCCCCOC1CCCCO1. The number of hydrogen-bond acceptors (Lipinski definition) is 2. The van der Waals surface area contributed by atoms with Gasteiger partial charge in [0, 0.05) is 42.2 Å². The van der Waals surface area contributed by atoms with Gasteiger partial charge in [0.1, 0.15) is 0 Å². The number of unbranched alkanes of at least 4 members (excludes halogenated alkanes) is 5. The first kappa shape index (κ1) is 15.3. The van der Waals surface area contributed by atoms with Crippen LogP contribution in [0.3, 0.4) is 0 Å². The van der Waals surface area contributed by atoms with Gasteiger partial charge in [-0.2, -0.15) is 0 Å². The van der Waals surface area contributed by atoms with E-state index in [9.17, 15) is 0 Å². The third-order valence-electron chi connectivity index (χ3n) is 2.95. The molecule has 3 heteroatoms. The van der Waals surface area contributed by atoms with Crippen molar-refractivity contribution in [1.82, 2.24) is 0 Å². The second-order valence-electron chi connectivity index (χ2n) is 4.46. The largest absolute Gasteiger partial charge is 0.353 e. The van der Waals surface area contributed by atoms with Gasteiger partial charge < -0.3 is 9.47 Å². The van der Waals surface area contributed by atoms with E-state index in [0.29, 0.717) is 0 Å². The Morgan fingerprint density at radius 3 is 2.71 bits per heavy atom. The van der Waals surface area contributed by atoms with E-state index in [0.717, 1.165) is 32.5 Å². The number of halogens is 1. The summed E-state index contributed by atoms with van der Waals surface area (Å²) >= 11 is 2.10. The third kappa shape index (κ3) is 8.87. The molecule has 1 atom stereocenters. The van der Waals surface area contributed by atoms with Crippen LogP contribution in [-0.4, -0.2) is 19.5 Å². The molecule has 0 spiro atoms. The van der Waals surface area contributed by atoms with Crippen molar-refractivity contribution in [3.63, 3.8) is 0 Å². The molecular weight excluding hydrogens is 327 g/mol. The summed E-state index contributed by atoms with van der Waals surface area (Å²) < 4.78 is 14.1. The molecular formula is C14H23IO2. The van der Waals surface area contributed by atoms with E-state index in [2.05, 4.69) is 32.4 Å².